The number of rotatable bonds is 24. The number of unbranched alkanes of at least 4 members (excludes halogenated alkanes) is 15. The van der Waals surface area contributed by atoms with E-state index in [1.807, 2.05) is 0 Å². The molecule has 11 nitrogen and oxygen atoms in total. The molecule has 0 rings (SSSR count). The Labute approximate surface area is 227 Å². The fraction of sp³-hybridized carbons (Fsp3) is 0.846. The van der Waals surface area contributed by atoms with Crippen molar-refractivity contribution >= 4 is 33.9 Å². The second kappa shape index (κ2) is 18.1. The van der Waals surface area contributed by atoms with E-state index in [2.05, 4.69) is 12.2 Å². The van der Waals surface area contributed by atoms with Crippen molar-refractivity contribution in [2.45, 2.75) is 128 Å². The van der Waals surface area contributed by atoms with E-state index in [4.69, 9.17) is 5.73 Å². The summed E-state index contributed by atoms with van der Waals surface area (Å²) in [4.78, 5) is 48.0. The largest absolute Gasteiger partial charge is 0.480 e. The van der Waals surface area contributed by atoms with Gasteiger partial charge < -0.3 is 21.3 Å². The topological polar surface area (TPSA) is 201 Å². The van der Waals surface area contributed by atoms with Crippen molar-refractivity contribution in [2.75, 3.05) is 6.54 Å². The Bertz CT molecular complexity index is 847. The van der Waals surface area contributed by atoms with Crippen LogP contribution in [0.3, 0.4) is 0 Å². The second-order valence-electron chi connectivity index (χ2n) is 10.2. The summed E-state index contributed by atoms with van der Waals surface area (Å²) >= 11 is 0. The van der Waals surface area contributed by atoms with E-state index >= 15 is 0 Å². The summed E-state index contributed by atoms with van der Waals surface area (Å²) in [5.74, 6) is -7.51. The molecule has 0 radical (unpaired) electrons. The molecular formula is C26H48N2O9S. The fourth-order valence-electron chi connectivity index (χ4n) is 4.65. The monoisotopic (exact) mass is 564 g/mol. The minimum absolute atomic E-state index is 0.0946. The molecule has 0 aliphatic heterocycles. The van der Waals surface area contributed by atoms with E-state index in [0.717, 1.165) is 25.7 Å². The van der Waals surface area contributed by atoms with Gasteiger partial charge in [-0.15, -0.1) is 0 Å². The zero-order chi connectivity index (χ0) is 29.2. The minimum Gasteiger partial charge on any atom is -0.480 e. The van der Waals surface area contributed by atoms with Gasteiger partial charge in [-0.1, -0.05) is 103 Å². The summed E-state index contributed by atoms with van der Waals surface area (Å²) in [6.45, 7) is 2.57. The Morgan fingerprint density at radius 1 is 0.711 bits per heavy atom. The predicted octanol–water partition coefficient (Wildman–Crippen LogP) is 4.04. The molecule has 1 unspecified atom stereocenters. The van der Waals surface area contributed by atoms with Crippen molar-refractivity contribution in [3.63, 3.8) is 0 Å². The van der Waals surface area contributed by atoms with Gasteiger partial charge in [0.1, 0.15) is 0 Å². The first-order valence-electron chi connectivity index (χ1n) is 13.8. The van der Waals surface area contributed by atoms with Gasteiger partial charge in [-0.25, -0.2) is 0 Å². The zero-order valence-electron chi connectivity index (χ0n) is 23.0. The lowest BCUT2D eigenvalue weighted by Gasteiger charge is -2.38. The lowest BCUT2D eigenvalue weighted by Crippen LogP contribution is -2.68. The van der Waals surface area contributed by atoms with E-state index < -0.39 is 50.5 Å². The Balaban J connectivity index is 4.51. The van der Waals surface area contributed by atoms with Crippen molar-refractivity contribution in [1.29, 1.82) is 0 Å². The van der Waals surface area contributed by atoms with Gasteiger partial charge in [0.15, 0.2) is 5.41 Å². The number of nitrogens with one attached hydrogen (secondary N) is 1. The van der Waals surface area contributed by atoms with Gasteiger partial charge in [0.25, 0.3) is 10.1 Å². The van der Waals surface area contributed by atoms with Crippen molar-refractivity contribution in [1.82, 2.24) is 5.32 Å². The summed E-state index contributed by atoms with van der Waals surface area (Å²) in [7, 11) is -5.72. The van der Waals surface area contributed by atoms with Gasteiger partial charge in [-0.05, 0) is 13.3 Å². The molecule has 0 aliphatic carbocycles. The third-order valence-electron chi connectivity index (χ3n) is 7.21. The first-order chi connectivity index (χ1) is 17.8. The molecule has 0 aromatic rings. The number of carbonyl (C=O) groups is 4. The maximum atomic E-state index is 12.9. The number of aliphatic carboxylic acids is 2. The van der Waals surface area contributed by atoms with E-state index in [-0.39, 0.29) is 6.54 Å². The number of carboxylic acids is 2. The molecule has 0 heterocycles. The van der Waals surface area contributed by atoms with Crippen LogP contribution in [0.5, 0.6) is 0 Å². The molecule has 12 heteroatoms. The first kappa shape index (κ1) is 35.8. The zero-order valence-corrected chi connectivity index (χ0v) is 23.8. The average Bonchev–Trinajstić information content (AvgIpc) is 2.82. The molecule has 0 fully saturated rings. The number of primary amides is 1. The smallest absolute Gasteiger partial charge is 0.323 e. The van der Waals surface area contributed by atoms with E-state index in [1.54, 1.807) is 0 Å². The Hall–Kier alpha value is -2.21. The molecule has 222 valence electrons. The Morgan fingerprint density at radius 2 is 1.05 bits per heavy atom. The maximum Gasteiger partial charge on any atom is 0.323 e. The lowest BCUT2D eigenvalue weighted by molar-refractivity contribution is -0.169. The van der Waals surface area contributed by atoms with Crippen LogP contribution < -0.4 is 11.1 Å². The average molecular weight is 565 g/mol. The Morgan fingerprint density at radius 3 is 1.34 bits per heavy atom. The summed E-state index contributed by atoms with van der Waals surface area (Å²) < 4.78 is 30.7. The number of hydrogen-bond acceptors (Lipinski definition) is 6. The van der Waals surface area contributed by atoms with Gasteiger partial charge in [0.05, 0.1) is 6.42 Å². The quantitative estimate of drug-likeness (QED) is 0.0651. The highest BCUT2D eigenvalue weighted by Gasteiger charge is 2.71. The van der Waals surface area contributed by atoms with Gasteiger partial charge in [-0.2, -0.15) is 8.42 Å². The summed E-state index contributed by atoms with van der Waals surface area (Å²) in [5.41, 5.74) is 1.64. The molecule has 0 aromatic heterocycles. The van der Waals surface area contributed by atoms with Gasteiger partial charge in [0.2, 0.25) is 16.6 Å². The lowest BCUT2D eigenvalue weighted by atomic mass is 9.73. The van der Waals surface area contributed by atoms with Crippen LogP contribution in [0, 0.1) is 5.41 Å². The SMILES string of the molecule is CCCCCCCCCCCCCCCCCCNC(=O)C(CC(N)=O)(C(C)(C(=O)O)C(=O)O)S(=O)(=O)O. The molecule has 0 spiro atoms. The number of carbonyl (C=O) groups excluding carboxylic acids is 2. The number of nitrogens with two attached hydrogens (primary N) is 1. The summed E-state index contributed by atoms with van der Waals surface area (Å²) in [5, 5.41) is 21.2. The molecule has 0 saturated heterocycles. The van der Waals surface area contributed by atoms with Gasteiger partial charge in [-0.3, -0.25) is 23.7 Å². The number of hydrogen-bond donors (Lipinski definition) is 5. The van der Waals surface area contributed by atoms with Crippen LogP contribution in [0.4, 0.5) is 0 Å². The van der Waals surface area contributed by atoms with Crippen LogP contribution in [0.1, 0.15) is 123 Å². The first-order valence-corrected chi connectivity index (χ1v) is 15.2. The maximum absolute atomic E-state index is 12.9. The molecule has 0 bridgehead atoms. The molecule has 0 aliphatic rings. The van der Waals surface area contributed by atoms with E-state index in [0.29, 0.717) is 19.8 Å². The van der Waals surface area contributed by atoms with Gasteiger partial charge in [0, 0.05) is 6.54 Å². The molecule has 0 aromatic carbocycles. The standard InChI is InChI=1S/C26H48N2O9S/c1-3-4-5-6-7-8-9-10-11-12-13-14-15-16-17-18-19-28-22(30)26(20-21(27)29,38(35,36)37)25(2,23(31)32)24(33)34/h3-20H2,1-2H3,(H2,27,29)(H,28,30)(H,31,32)(H,33,34)(H,35,36,37). The summed E-state index contributed by atoms with van der Waals surface area (Å²) in [6.07, 6.45) is 16.7. The fourth-order valence-corrected chi connectivity index (χ4v) is 5.97. The Kier molecular flexibility index (Phi) is 17.1. The highest BCUT2D eigenvalue weighted by Crippen LogP contribution is 2.42. The van der Waals surface area contributed by atoms with Gasteiger partial charge >= 0.3 is 11.9 Å². The molecule has 0 saturated carbocycles. The molecular weight excluding hydrogens is 516 g/mol. The normalized spacial score (nSPS) is 13.6. The number of amides is 2. The van der Waals surface area contributed by atoms with Crippen LogP contribution in [-0.2, 0) is 29.3 Å². The molecule has 2 amide bonds. The minimum atomic E-state index is -5.72. The van der Waals surface area contributed by atoms with Crippen LogP contribution in [0.2, 0.25) is 0 Å². The third kappa shape index (κ3) is 10.9. The third-order valence-corrected chi connectivity index (χ3v) is 8.83. The van der Waals surface area contributed by atoms with Crippen LogP contribution in [0.25, 0.3) is 0 Å². The van der Waals surface area contributed by atoms with Crippen LogP contribution in [-0.4, -0.2) is 58.2 Å². The molecule has 6 N–H and O–H groups in total. The number of carboxylic acid groups (broad SMARTS) is 2. The van der Waals surface area contributed by atoms with E-state index in [1.165, 1.54) is 64.2 Å². The molecule has 38 heavy (non-hydrogen) atoms. The van der Waals surface area contributed by atoms with Crippen molar-refractivity contribution < 1.29 is 42.4 Å². The van der Waals surface area contributed by atoms with Crippen molar-refractivity contribution in [3.05, 3.63) is 0 Å². The van der Waals surface area contributed by atoms with Crippen molar-refractivity contribution in [2.24, 2.45) is 11.1 Å². The molecule has 1 atom stereocenters. The van der Waals surface area contributed by atoms with Crippen LogP contribution in [0.15, 0.2) is 0 Å². The summed E-state index contributed by atoms with van der Waals surface area (Å²) in [6, 6.07) is 0. The predicted molar refractivity (Wildman–Crippen MR) is 144 cm³/mol. The second-order valence-corrected chi connectivity index (χ2v) is 11.9. The van der Waals surface area contributed by atoms with Crippen LogP contribution >= 0.6 is 0 Å². The highest BCUT2D eigenvalue weighted by molar-refractivity contribution is 7.88. The van der Waals surface area contributed by atoms with Crippen molar-refractivity contribution in [3.8, 4) is 0 Å². The highest BCUT2D eigenvalue weighted by atomic mass is 32.2. The van der Waals surface area contributed by atoms with E-state index in [9.17, 15) is 42.4 Å².